The maximum Gasteiger partial charge on any atom is 0.252 e. The summed E-state index contributed by atoms with van der Waals surface area (Å²) < 4.78 is 49.9. The third kappa shape index (κ3) is 4.06. The third-order valence-electron chi connectivity index (χ3n) is 2.16. The number of alkyl halides is 2. The van der Waals surface area contributed by atoms with E-state index in [1.54, 1.807) is 0 Å². The van der Waals surface area contributed by atoms with Crippen LogP contribution in [-0.4, -0.2) is 48.9 Å². The fraction of sp³-hybridized carbons (Fsp3) is 0.444. The molecule has 6 nitrogen and oxygen atoms in total. The molecule has 0 spiro atoms. The van der Waals surface area contributed by atoms with E-state index in [4.69, 9.17) is 10.8 Å². The molecule has 10 heteroatoms. The zero-order valence-electron chi connectivity index (χ0n) is 9.63. The van der Waals surface area contributed by atoms with E-state index in [9.17, 15) is 17.2 Å². The van der Waals surface area contributed by atoms with E-state index >= 15 is 0 Å². The maximum atomic E-state index is 12.4. The van der Waals surface area contributed by atoms with Crippen molar-refractivity contribution in [3.63, 3.8) is 0 Å². The minimum atomic E-state index is -4.24. The van der Waals surface area contributed by atoms with Crippen LogP contribution in [0.25, 0.3) is 0 Å². The number of aliphatic hydroxyl groups excluding tert-OH is 1. The van der Waals surface area contributed by atoms with Crippen LogP contribution in [0.4, 0.5) is 14.6 Å². The molecule has 0 aliphatic carbocycles. The molecule has 0 bridgehead atoms. The third-order valence-corrected chi connectivity index (χ3v) is 4.49. The smallest absolute Gasteiger partial charge is 0.252 e. The van der Waals surface area contributed by atoms with Crippen LogP contribution in [0.5, 0.6) is 0 Å². The van der Waals surface area contributed by atoms with Crippen molar-refractivity contribution in [2.45, 2.75) is 11.3 Å². The molecule has 3 N–H and O–H groups in total. The van der Waals surface area contributed by atoms with Crippen LogP contribution in [0, 0.1) is 0 Å². The molecule has 0 saturated carbocycles. The van der Waals surface area contributed by atoms with Gasteiger partial charge in [0.2, 0.25) is 10.0 Å². The molecule has 0 aliphatic rings. The summed E-state index contributed by atoms with van der Waals surface area (Å²) in [6, 6.07) is 1.17. The standard InChI is InChI=1S/C9H12BrF2N3O3S/c10-6-3-7(9(13)14-4-6)19(17,18)15(1-2-16)5-8(11)12/h3-4,8,16H,1-2,5H2,(H2,13,14). The molecule has 0 radical (unpaired) electrons. The Morgan fingerprint density at radius 2 is 2.16 bits per heavy atom. The predicted octanol–water partition coefficient (Wildman–Crippen LogP) is 0.674. The summed E-state index contributed by atoms with van der Waals surface area (Å²) in [4.78, 5) is 3.26. The first kappa shape index (κ1) is 16.2. The van der Waals surface area contributed by atoms with Crippen LogP contribution >= 0.6 is 15.9 Å². The summed E-state index contributed by atoms with van der Waals surface area (Å²) in [5.41, 5.74) is 5.45. The van der Waals surface area contributed by atoms with Gasteiger partial charge < -0.3 is 10.8 Å². The zero-order valence-corrected chi connectivity index (χ0v) is 12.0. The second-order valence-corrected chi connectivity index (χ2v) is 6.34. The topological polar surface area (TPSA) is 96.5 Å². The average Bonchev–Trinajstić information content (AvgIpc) is 2.31. The van der Waals surface area contributed by atoms with Gasteiger partial charge in [-0.2, -0.15) is 4.31 Å². The van der Waals surface area contributed by atoms with Gasteiger partial charge in [-0.3, -0.25) is 0 Å². The van der Waals surface area contributed by atoms with E-state index in [1.807, 2.05) is 0 Å². The molecule has 0 atom stereocenters. The molecule has 1 aromatic rings. The quantitative estimate of drug-likeness (QED) is 0.778. The summed E-state index contributed by atoms with van der Waals surface area (Å²) >= 11 is 3.03. The zero-order chi connectivity index (χ0) is 14.6. The number of nitrogen functional groups attached to an aromatic ring is 1. The van der Waals surface area contributed by atoms with Gasteiger partial charge in [0, 0.05) is 17.2 Å². The molecule has 0 saturated heterocycles. The van der Waals surface area contributed by atoms with Gasteiger partial charge in [-0.1, -0.05) is 0 Å². The lowest BCUT2D eigenvalue weighted by Crippen LogP contribution is -2.37. The molecule has 0 unspecified atom stereocenters. The van der Waals surface area contributed by atoms with Gasteiger partial charge >= 0.3 is 0 Å². The minimum absolute atomic E-state index is 0.291. The number of aliphatic hydroxyl groups is 1. The number of hydrogen-bond acceptors (Lipinski definition) is 5. The summed E-state index contributed by atoms with van der Waals surface area (Å²) in [6.45, 7) is -2.04. The fourth-order valence-electron chi connectivity index (χ4n) is 1.35. The van der Waals surface area contributed by atoms with Crippen LogP contribution in [0.15, 0.2) is 21.6 Å². The van der Waals surface area contributed by atoms with Crippen molar-refractivity contribution in [3.8, 4) is 0 Å². The maximum absolute atomic E-state index is 12.4. The van der Waals surface area contributed by atoms with Crippen LogP contribution in [0.3, 0.4) is 0 Å². The minimum Gasteiger partial charge on any atom is -0.395 e. The number of anilines is 1. The highest BCUT2D eigenvalue weighted by Crippen LogP contribution is 2.24. The van der Waals surface area contributed by atoms with Crippen molar-refractivity contribution >= 4 is 31.8 Å². The predicted molar refractivity (Wildman–Crippen MR) is 68.2 cm³/mol. The number of halogens is 3. The van der Waals surface area contributed by atoms with E-state index in [0.717, 1.165) is 0 Å². The number of aromatic nitrogens is 1. The second kappa shape index (κ2) is 6.55. The highest BCUT2D eigenvalue weighted by atomic mass is 79.9. The van der Waals surface area contributed by atoms with Crippen LogP contribution < -0.4 is 5.73 Å². The largest absolute Gasteiger partial charge is 0.395 e. The Morgan fingerprint density at radius 3 is 2.68 bits per heavy atom. The van der Waals surface area contributed by atoms with Gasteiger partial charge in [0.25, 0.3) is 6.43 Å². The summed E-state index contributed by atoms with van der Waals surface area (Å²) in [6.07, 6.45) is -1.57. The van der Waals surface area contributed by atoms with Crippen molar-refractivity contribution in [2.75, 3.05) is 25.4 Å². The lowest BCUT2D eigenvalue weighted by molar-refractivity contribution is 0.113. The molecule has 0 aliphatic heterocycles. The Balaban J connectivity index is 3.22. The number of rotatable bonds is 6. The van der Waals surface area contributed by atoms with E-state index in [0.29, 0.717) is 8.78 Å². The van der Waals surface area contributed by atoms with Gasteiger partial charge in [0.1, 0.15) is 10.7 Å². The Kier molecular flexibility index (Phi) is 5.59. The monoisotopic (exact) mass is 359 g/mol. The molecule has 0 fully saturated rings. The SMILES string of the molecule is Nc1ncc(Br)cc1S(=O)(=O)N(CCO)CC(F)F. The average molecular weight is 360 g/mol. The first-order valence-corrected chi connectivity index (χ1v) is 7.32. The van der Waals surface area contributed by atoms with Crippen molar-refractivity contribution in [1.82, 2.24) is 9.29 Å². The highest BCUT2D eigenvalue weighted by Gasteiger charge is 2.29. The Hall–Kier alpha value is -0.840. The number of hydrogen-bond donors (Lipinski definition) is 2. The van der Waals surface area contributed by atoms with Gasteiger partial charge in [0.15, 0.2) is 0 Å². The van der Waals surface area contributed by atoms with E-state index < -0.39 is 36.1 Å². The lowest BCUT2D eigenvalue weighted by Gasteiger charge is -2.21. The first-order chi connectivity index (χ1) is 8.78. The number of sulfonamides is 1. The molecule has 108 valence electrons. The van der Waals surface area contributed by atoms with Crippen molar-refractivity contribution < 1.29 is 22.3 Å². The Labute approximate surface area is 117 Å². The molecular weight excluding hydrogens is 348 g/mol. The highest BCUT2D eigenvalue weighted by molar-refractivity contribution is 9.10. The van der Waals surface area contributed by atoms with Gasteiger partial charge in [-0.25, -0.2) is 22.2 Å². The van der Waals surface area contributed by atoms with Crippen molar-refractivity contribution in [2.24, 2.45) is 0 Å². The Bertz CT molecular complexity index is 542. The lowest BCUT2D eigenvalue weighted by atomic mass is 10.5. The van der Waals surface area contributed by atoms with Crippen LogP contribution in [0.1, 0.15) is 0 Å². The number of pyridine rings is 1. The molecule has 1 aromatic heterocycles. The normalized spacial score (nSPS) is 12.3. The van der Waals surface area contributed by atoms with Crippen LogP contribution in [-0.2, 0) is 10.0 Å². The number of nitrogens with two attached hydrogens (primary N) is 1. The molecule has 19 heavy (non-hydrogen) atoms. The van der Waals surface area contributed by atoms with E-state index in [2.05, 4.69) is 20.9 Å². The van der Waals surface area contributed by atoms with Gasteiger partial charge in [-0.15, -0.1) is 0 Å². The molecular formula is C9H12BrF2N3O3S. The molecule has 1 rings (SSSR count). The fourth-order valence-corrected chi connectivity index (χ4v) is 3.34. The van der Waals surface area contributed by atoms with Gasteiger partial charge in [-0.05, 0) is 22.0 Å². The molecule has 0 aromatic carbocycles. The van der Waals surface area contributed by atoms with Crippen molar-refractivity contribution in [1.29, 1.82) is 0 Å². The van der Waals surface area contributed by atoms with Crippen LogP contribution in [0.2, 0.25) is 0 Å². The Morgan fingerprint density at radius 1 is 1.53 bits per heavy atom. The first-order valence-electron chi connectivity index (χ1n) is 5.09. The summed E-state index contributed by atoms with van der Waals surface area (Å²) in [7, 11) is -4.24. The summed E-state index contributed by atoms with van der Waals surface area (Å²) in [5, 5.41) is 8.78. The van der Waals surface area contributed by atoms with Gasteiger partial charge in [0.05, 0.1) is 13.2 Å². The van der Waals surface area contributed by atoms with E-state index in [1.165, 1.54) is 12.3 Å². The molecule has 0 amide bonds. The summed E-state index contributed by atoms with van der Waals surface area (Å²) in [5.74, 6) is -0.291. The second-order valence-electron chi connectivity index (χ2n) is 3.51. The molecule has 1 heterocycles. The van der Waals surface area contributed by atoms with Crippen molar-refractivity contribution in [3.05, 3.63) is 16.7 Å². The van der Waals surface area contributed by atoms with E-state index in [-0.39, 0.29) is 10.7 Å². The number of nitrogens with zero attached hydrogens (tertiary/aromatic N) is 2.